The van der Waals surface area contributed by atoms with Crippen molar-refractivity contribution in [2.24, 2.45) is 14.1 Å². The summed E-state index contributed by atoms with van der Waals surface area (Å²) in [6, 6.07) is 6.13. The van der Waals surface area contributed by atoms with Crippen LogP contribution in [0.15, 0.2) is 23.0 Å². The number of ether oxygens (including phenoxy) is 1. The molecule has 1 N–H and O–H groups in total. The summed E-state index contributed by atoms with van der Waals surface area (Å²) in [6.45, 7) is 2.52. The molecule has 0 aliphatic rings. The molecule has 2 aromatic rings. The maximum Gasteiger partial charge on any atom is 0.328 e. The molecule has 0 radical (unpaired) electrons. The Balaban J connectivity index is 2.09. The van der Waals surface area contributed by atoms with Crippen LogP contribution in [0.1, 0.15) is 12.0 Å². The van der Waals surface area contributed by atoms with Crippen LogP contribution in [-0.4, -0.2) is 29.4 Å². The van der Waals surface area contributed by atoms with Crippen LogP contribution in [0.5, 0.6) is 0 Å². The monoisotopic (exact) mass is 263 g/mol. The second-order valence-electron chi connectivity index (χ2n) is 4.75. The summed E-state index contributed by atoms with van der Waals surface area (Å²) in [5.74, 6) is 0. The van der Waals surface area contributed by atoms with Gasteiger partial charge >= 0.3 is 5.69 Å². The molecule has 0 spiro atoms. The summed E-state index contributed by atoms with van der Waals surface area (Å²) in [7, 11) is 5.32. The van der Waals surface area contributed by atoms with Gasteiger partial charge in [-0.2, -0.15) is 0 Å². The van der Waals surface area contributed by atoms with Crippen LogP contribution >= 0.6 is 0 Å². The third-order valence-electron chi connectivity index (χ3n) is 3.37. The highest BCUT2D eigenvalue weighted by Gasteiger charge is 2.07. The summed E-state index contributed by atoms with van der Waals surface area (Å²) in [5.41, 5.74) is 3.14. The predicted octanol–water partition coefficient (Wildman–Crippen LogP) is 1.00. The SMILES string of the molecule is COCCCNCc1ccc2c(c1)n(C)c(=O)n2C. The first kappa shape index (κ1) is 13.8. The smallest absolute Gasteiger partial charge is 0.328 e. The fourth-order valence-electron chi connectivity index (χ4n) is 2.24. The Hall–Kier alpha value is -1.59. The van der Waals surface area contributed by atoms with E-state index in [1.807, 2.05) is 6.07 Å². The molecule has 1 aromatic carbocycles. The highest BCUT2D eigenvalue weighted by atomic mass is 16.5. The molecule has 104 valence electrons. The Morgan fingerprint density at radius 1 is 1.21 bits per heavy atom. The highest BCUT2D eigenvalue weighted by Crippen LogP contribution is 2.13. The van der Waals surface area contributed by atoms with Crippen LogP contribution in [0.3, 0.4) is 0 Å². The zero-order chi connectivity index (χ0) is 13.8. The van der Waals surface area contributed by atoms with Crippen molar-refractivity contribution in [2.75, 3.05) is 20.3 Å². The van der Waals surface area contributed by atoms with Crippen molar-refractivity contribution in [3.8, 4) is 0 Å². The minimum atomic E-state index is 0.0141. The average molecular weight is 263 g/mol. The van der Waals surface area contributed by atoms with Gasteiger partial charge in [-0.3, -0.25) is 9.13 Å². The Labute approximate surface area is 112 Å². The lowest BCUT2D eigenvalue weighted by molar-refractivity contribution is 0.194. The number of aryl methyl sites for hydroxylation is 2. The largest absolute Gasteiger partial charge is 0.385 e. The predicted molar refractivity (Wildman–Crippen MR) is 76.4 cm³/mol. The van der Waals surface area contributed by atoms with E-state index in [2.05, 4.69) is 17.4 Å². The topological polar surface area (TPSA) is 48.2 Å². The third kappa shape index (κ3) is 2.88. The Morgan fingerprint density at radius 3 is 2.68 bits per heavy atom. The van der Waals surface area contributed by atoms with Crippen molar-refractivity contribution < 1.29 is 4.74 Å². The molecule has 0 saturated carbocycles. The summed E-state index contributed by atoms with van der Waals surface area (Å²) in [4.78, 5) is 11.8. The molecular weight excluding hydrogens is 242 g/mol. The first-order valence-electron chi connectivity index (χ1n) is 6.49. The molecule has 0 atom stereocenters. The Morgan fingerprint density at radius 2 is 1.95 bits per heavy atom. The van der Waals surface area contributed by atoms with E-state index < -0.39 is 0 Å². The van der Waals surface area contributed by atoms with Crippen LogP contribution < -0.4 is 11.0 Å². The number of rotatable bonds is 6. The van der Waals surface area contributed by atoms with Gasteiger partial charge in [0.05, 0.1) is 11.0 Å². The van der Waals surface area contributed by atoms with Crippen molar-refractivity contribution in [2.45, 2.75) is 13.0 Å². The van der Waals surface area contributed by atoms with E-state index in [0.29, 0.717) is 0 Å². The molecule has 19 heavy (non-hydrogen) atoms. The summed E-state index contributed by atoms with van der Waals surface area (Å²) < 4.78 is 8.36. The van der Waals surface area contributed by atoms with Gasteiger partial charge in [0.1, 0.15) is 0 Å². The van der Waals surface area contributed by atoms with Gasteiger partial charge in [-0.05, 0) is 30.7 Å². The molecule has 0 unspecified atom stereocenters. The number of fused-ring (bicyclic) bond motifs is 1. The molecule has 0 amide bonds. The molecular formula is C14H21N3O2. The molecule has 0 fully saturated rings. The van der Waals surface area contributed by atoms with Gasteiger partial charge in [0, 0.05) is 34.4 Å². The fraction of sp³-hybridized carbons (Fsp3) is 0.500. The first-order valence-corrected chi connectivity index (χ1v) is 6.49. The lowest BCUT2D eigenvalue weighted by atomic mass is 10.2. The maximum absolute atomic E-state index is 11.8. The van der Waals surface area contributed by atoms with Crippen molar-refractivity contribution in [1.29, 1.82) is 0 Å². The maximum atomic E-state index is 11.8. The molecule has 5 nitrogen and oxygen atoms in total. The normalized spacial score (nSPS) is 11.3. The third-order valence-corrected chi connectivity index (χ3v) is 3.37. The fourth-order valence-corrected chi connectivity index (χ4v) is 2.24. The van der Waals surface area contributed by atoms with Crippen molar-refractivity contribution in [3.05, 3.63) is 34.2 Å². The van der Waals surface area contributed by atoms with Gasteiger partial charge in [-0.1, -0.05) is 6.07 Å². The zero-order valence-electron chi connectivity index (χ0n) is 11.8. The van der Waals surface area contributed by atoms with Gasteiger partial charge in [-0.15, -0.1) is 0 Å². The number of aromatic nitrogens is 2. The van der Waals surface area contributed by atoms with Gasteiger partial charge in [0.25, 0.3) is 0 Å². The van der Waals surface area contributed by atoms with Crippen molar-refractivity contribution in [3.63, 3.8) is 0 Å². The standard InChI is InChI=1S/C14H21N3O2/c1-16-12-6-5-11(10-15-7-4-8-19-3)9-13(12)17(2)14(16)18/h5-6,9,15H,4,7-8,10H2,1-3H3. The Kier molecular flexibility index (Phi) is 4.39. The zero-order valence-corrected chi connectivity index (χ0v) is 11.8. The molecule has 0 aliphatic carbocycles. The van der Waals surface area contributed by atoms with Gasteiger partial charge in [0.15, 0.2) is 0 Å². The number of methoxy groups -OCH3 is 1. The molecule has 0 aliphatic heterocycles. The summed E-state index contributed by atoms with van der Waals surface area (Å²) in [5, 5.41) is 3.37. The van der Waals surface area contributed by atoms with E-state index >= 15 is 0 Å². The molecule has 0 bridgehead atoms. The van der Waals surface area contributed by atoms with E-state index in [-0.39, 0.29) is 5.69 Å². The number of hydrogen-bond acceptors (Lipinski definition) is 3. The van der Waals surface area contributed by atoms with E-state index in [0.717, 1.165) is 37.2 Å². The summed E-state index contributed by atoms with van der Waals surface area (Å²) in [6.07, 6.45) is 1.00. The molecule has 0 saturated heterocycles. The van der Waals surface area contributed by atoms with E-state index in [4.69, 9.17) is 4.74 Å². The van der Waals surface area contributed by atoms with E-state index in [9.17, 15) is 4.79 Å². The molecule has 2 rings (SSSR count). The molecule has 1 heterocycles. The summed E-state index contributed by atoms with van der Waals surface area (Å²) >= 11 is 0. The van der Waals surface area contributed by atoms with Crippen LogP contribution in [0.2, 0.25) is 0 Å². The highest BCUT2D eigenvalue weighted by molar-refractivity contribution is 5.76. The average Bonchev–Trinajstić information content (AvgIpc) is 2.64. The quantitative estimate of drug-likeness (QED) is 0.791. The van der Waals surface area contributed by atoms with Crippen molar-refractivity contribution in [1.82, 2.24) is 14.5 Å². The van der Waals surface area contributed by atoms with Gasteiger partial charge in [-0.25, -0.2) is 4.79 Å². The van der Waals surface area contributed by atoms with E-state index in [1.165, 1.54) is 5.56 Å². The number of nitrogens with zero attached hydrogens (tertiary/aromatic N) is 2. The molecule has 1 aromatic heterocycles. The second-order valence-corrected chi connectivity index (χ2v) is 4.75. The van der Waals surface area contributed by atoms with Crippen LogP contribution in [-0.2, 0) is 25.4 Å². The Bertz CT molecular complexity index is 613. The minimum Gasteiger partial charge on any atom is -0.385 e. The first-order chi connectivity index (χ1) is 9.15. The lowest BCUT2D eigenvalue weighted by Crippen LogP contribution is -2.19. The van der Waals surface area contributed by atoms with Crippen LogP contribution in [0.4, 0.5) is 0 Å². The van der Waals surface area contributed by atoms with Gasteiger partial charge < -0.3 is 10.1 Å². The number of benzene rings is 1. The van der Waals surface area contributed by atoms with Crippen LogP contribution in [0, 0.1) is 0 Å². The van der Waals surface area contributed by atoms with Crippen molar-refractivity contribution >= 4 is 11.0 Å². The van der Waals surface area contributed by atoms with Crippen LogP contribution in [0.25, 0.3) is 11.0 Å². The second kappa shape index (κ2) is 6.04. The van der Waals surface area contributed by atoms with E-state index in [1.54, 1.807) is 30.3 Å². The lowest BCUT2D eigenvalue weighted by Gasteiger charge is -2.05. The molecule has 5 heteroatoms. The number of hydrogen-bond donors (Lipinski definition) is 1. The van der Waals surface area contributed by atoms with Gasteiger partial charge in [0.2, 0.25) is 0 Å². The number of nitrogens with one attached hydrogen (secondary N) is 1. The minimum absolute atomic E-state index is 0.0141. The number of imidazole rings is 1.